The predicted molar refractivity (Wildman–Crippen MR) is 110 cm³/mol. The van der Waals surface area contributed by atoms with Gasteiger partial charge in [-0.25, -0.2) is 0 Å². The molecule has 0 saturated heterocycles. The Morgan fingerprint density at radius 1 is 1.14 bits per heavy atom. The number of hydrogen-bond acceptors (Lipinski definition) is 2. The Bertz CT molecular complexity index is 645. The third-order valence-electron chi connectivity index (χ3n) is 6.83. The van der Waals surface area contributed by atoms with Crippen LogP contribution in [-0.2, 0) is 16.1 Å². The Balaban J connectivity index is 1.58. The second-order valence-corrected chi connectivity index (χ2v) is 8.53. The van der Waals surface area contributed by atoms with Gasteiger partial charge in [0.25, 0.3) is 5.91 Å². The zero-order valence-corrected chi connectivity index (χ0v) is 17.3. The molecule has 2 aliphatic rings. The van der Waals surface area contributed by atoms with Crippen LogP contribution in [0.25, 0.3) is 0 Å². The van der Waals surface area contributed by atoms with Crippen molar-refractivity contribution in [2.24, 2.45) is 17.8 Å². The van der Waals surface area contributed by atoms with Gasteiger partial charge in [0.2, 0.25) is 5.91 Å². The van der Waals surface area contributed by atoms with Crippen LogP contribution in [0.1, 0.15) is 57.4 Å². The molecule has 5 atom stereocenters. The number of fused-ring (bicyclic) bond motifs is 1. The maximum atomic E-state index is 12.9. The number of rotatable bonds is 7. The molecule has 0 aromatic heterocycles. The number of likely N-dealkylation sites (N-methyl/N-ethyl adjacent to an activating group) is 1. The standard InChI is InChI=1S/C23H35N3O2/c1-3-21(24-2)23(28)26-18-11-7-10-17-12-13-19(20(17)14-18)22(27)25-15-16-8-5-4-6-9-16/h4-6,8-9,17-21,24H,3,7,10-15H2,1-2H3,(H,25,27)(H,26,28)/p+1/t17-,18-,19+,20+,21-/m0/s1. The molecule has 0 aliphatic heterocycles. The van der Waals surface area contributed by atoms with Crippen molar-refractivity contribution in [2.45, 2.75) is 70.5 Å². The average Bonchev–Trinajstić information content (AvgIpc) is 2.99. The first-order chi connectivity index (χ1) is 13.6. The molecule has 0 radical (unpaired) electrons. The molecule has 0 bridgehead atoms. The lowest BCUT2D eigenvalue weighted by Gasteiger charge is -2.26. The highest BCUT2D eigenvalue weighted by Gasteiger charge is 2.42. The van der Waals surface area contributed by atoms with Crippen LogP contribution in [0.3, 0.4) is 0 Å². The number of hydrogen-bond donors (Lipinski definition) is 3. The Kier molecular flexibility index (Phi) is 7.49. The van der Waals surface area contributed by atoms with Crippen LogP contribution in [-0.4, -0.2) is 30.9 Å². The van der Waals surface area contributed by atoms with Gasteiger partial charge in [-0.15, -0.1) is 0 Å². The first kappa shape index (κ1) is 20.8. The fraction of sp³-hybridized carbons (Fsp3) is 0.652. The molecule has 28 heavy (non-hydrogen) atoms. The summed E-state index contributed by atoms with van der Waals surface area (Å²) in [5.74, 6) is 1.46. The normalized spacial score (nSPS) is 28.1. The summed E-state index contributed by atoms with van der Waals surface area (Å²) in [6.45, 7) is 2.65. The second-order valence-electron chi connectivity index (χ2n) is 8.53. The molecule has 0 heterocycles. The molecule has 2 fully saturated rings. The molecule has 154 valence electrons. The summed E-state index contributed by atoms with van der Waals surface area (Å²) in [6, 6.07) is 10.3. The lowest BCUT2D eigenvalue weighted by molar-refractivity contribution is -0.650. The number of carbonyl (C=O) groups excluding carboxylic acids is 2. The number of carbonyl (C=O) groups is 2. The molecule has 0 unspecified atom stereocenters. The van der Waals surface area contributed by atoms with Crippen LogP contribution in [0.15, 0.2) is 30.3 Å². The van der Waals surface area contributed by atoms with Gasteiger partial charge in [-0.1, -0.05) is 50.1 Å². The predicted octanol–water partition coefficient (Wildman–Crippen LogP) is 1.98. The van der Waals surface area contributed by atoms with Gasteiger partial charge >= 0.3 is 0 Å². The van der Waals surface area contributed by atoms with E-state index in [1.807, 2.05) is 42.7 Å². The molecular weight excluding hydrogens is 350 g/mol. The summed E-state index contributed by atoms with van der Waals surface area (Å²) in [5, 5.41) is 8.43. The first-order valence-corrected chi connectivity index (χ1v) is 11.0. The van der Waals surface area contributed by atoms with E-state index in [0.717, 1.165) is 44.1 Å². The number of nitrogens with one attached hydrogen (secondary N) is 2. The highest BCUT2D eigenvalue weighted by molar-refractivity contribution is 5.80. The van der Waals surface area contributed by atoms with E-state index in [4.69, 9.17) is 0 Å². The van der Waals surface area contributed by atoms with Crippen molar-refractivity contribution in [1.29, 1.82) is 0 Å². The van der Waals surface area contributed by atoms with Gasteiger partial charge in [0, 0.05) is 24.9 Å². The van der Waals surface area contributed by atoms with Crippen LogP contribution in [0.5, 0.6) is 0 Å². The van der Waals surface area contributed by atoms with Crippen molar-refractivity contribution < 1.29 is 14.9 Å². The molecule has 4 N–H and O–H groups in total. The minimum Gasteiger partial charge on any atom is -0.352 e. The van der Waals surface area contributed by atoms with Crippen molar-refractivity contribution in [3.05, 3.63) is 35.9 Å². The van der Waals surface area contributed by atoms with Gasteiger partial charge in [0.05, 0.1) is 7.05 Å². The quantitative estimate of drug-likeness (QED) is 0.670. The van der Waals surface area contributed by atoms with Crippen LogP contribution in [0, 0.1) is 17.8 Å². The third-order valence-corrected chi connectivity index (χ3v) is 6.83. The molecule has 5 nitrogen and oxygen atoms in total. The van der Waals surface area contributed by atoms with E-state index in [9.17, 15) is 9.59 Å². The zero-order valence-electron chi connectivity index (χ0n) is 17.3. The summed E-state index contributed by atoms with van der Waals surface area (Å²) in [6.07, 6.45) is 7.29. The Labute approximate surface area is 169 Å². The van der Waals surface area contributed by atoms with Crippen LogP contribution in [0.2, 0.25) is 0 Å². The summed E-state index contributed by atoms with van der Waals surface area (Å²) >= 11 is 0. The van der Waals surface area contributed by atoms with E-state index in [2.05, 4.69) is 17.6 Å². The Morgan fingerprint density at radius 2 is 1.93 bits per heavy atom. The number of benzene rings is 1. The van der Waals surface area contributed by atoms with Crippen molar-refractivity contribution in [3.63, 3.8) is 0 Å². The zero-order chi connectivity index (χ0) is 19.9. The van der Waals surface area contributed by atoms with Gasteiger partial charge in [-0.2, -0.15) is 0 Å². The number of quaternary nitrogens is 1. The lowest BCUT2D eigenvalue weighted by Crippen LogP contribution is -2.89. The molecule has 0 spiro atoms. The lowest BCUT2D eigenvalue weighted by atomic mass is 9.84. The minimum absolute atomic E-state index is 0.00686. The van der Waals surface area contributed by atoms with Crippen molar-refractivity contribution in [3.8, 4) is 0 Å². The van der Waals surface area contributed by atoms with Gasteiger partial charge in [0.1, 0.15) is 0 Å². The molecule has 2 saturated carbocycles. The van der Waals surface area contributed by atoms with Crippen molar-refractivity contribution in [2.75, 3.05) is 7.05 Å². The third kappa shape index (κ3) is 5.13. The fourth-order valence-electron chi connectivity index (χ4n) is 5.19. The first-order valence-electron chi connectivity index (χ1n) is 11.0. The summed E-state index contributed by atoms with van der Waals surface area (Å²) in [5.41, 5.74) is 1.14. The van der Waals surface area contributed by atoms with Crippen molar-refractivity contribution in [1.82, 2.24) is 10.6 Å². The minimum atomic E-state index is -0.00686. The SMILES string of the molecule is CC[C@H]([NH2+]C)C(=O)N[C@H]1CCC[C@H]2CC[C@@H](C(=O)NCc3ccccc3)[C@@H]2C1. The number of nitrogens with two attached hydrogens (primary N) is 1. The smallest absolute Gasteiger partial charge is 0.278 e. The summed E-state index contributed by atoms with van der Waals surface area (Å²) < 4.78 is 0. The topological polar surface area (TPSA) is 74.8 Å². The molecule has 5 heteroatoms. The van der Waals surface area contributed by atoms with E-state index < -0.39 is 0 Å². The molecule has 1 aromatic carbocycles. The largest absolute Gasteiger partial charge is 0.352 e. The molecule has 2 aliphatic carbocycles. The molecule has 3 rings (SSSR count). The van der Waals surface area contributed by atoms with Gasteiger partial charge in [-0.3, -0.25) is 9.59 Å². The van der Waals surface area contributed by atoms with Crippen LogP contribution in [0.4, 0.5) is 0 Å². The summed E-state index contributed by atoms with van der Waals surface area (Å²) in [7, 11) is 1.96. The fourth-order valence-corrected chi connectivity index (χ4v) is 5.19. The van der Waals surface area contributed by atoms with E-state index in [1.54, 1.807) is 0 Å². The van der Waals surface area contributed by atoms with Crippen LogP contribution >= 0.6 is 0 Å². The van der Waals surface area contributed by atoms with E-state index in [1.165, 1.54) is 6.42 Å². The van der Waals surface area contributed by atoms with Gasteiger partial charge in [0.15, 0.2) is 6.04 Å². The molecule has 2 amide bonds. The van der Waals surface area contributed by atoms with Crippen molar-refractivity contribution >= 4 is 11.8 Å². The van der Waals surface area contributed by atoms with E-state index >= 15 is 0 Å². The van der Waals surface area contributed by atoms with Gasteiger partial charge < -0.3 is 16.0 Å². The van der Waals surface area contributed by atoms with E-state index in [0.29, 0.717) is 18.4 Å². The highest BCUT2D eigenvalue weighted by Crippen LogP contribution is 2.45. The molecular formula is C23H36N3O2+. The maximum absolute atomic E-state index is 12.9. The molecule has 1 aromatic rings. The maximum Gasteiger partial charge on any atom is 0.278 e. The highest BCUT2D eigenvalue weighted by atomic mass is 16.2. The summed E-state index contributed by atoms with van der Waals surface area (Å²) in [4.78, 5) is 25.4. The average molecular weight is 387 g/mol. The van der Waals surface area contributed by atoms with Crippen LogP contribution < -0.4 is 16.0 Å². The van der Waals surface area contributed by atoms with E-state index in [-0.39, 0.29) is 29.8 Å². The Hall–Kier alpha value is -1.88. The monoisotopic (exact) mass is 386 g/mol. The number of amides is 2. The van der Waals surface area contributed by atoms with Gasteiger partial charge in [-0.05, 0) is 43.1 Å². The second kappa shape index (κ2) is 10.1. The Morgan fingerprint density at radius 3 is 2.64 bits per heavy atom.